The van der Waals surface area contributed by atoms with E-state index in [1.54, 1.807) is 35.6 Å². The molecule has 2 aromatic rings. The smallest absolute Gasteiger partial charge is 0.251 e. The molecule has 24 heavy (non-hydrogen) atoms. The Morgan fingerprint density at radius 1 is 1.29 bits per heavy atom. The molecule has 1 heterocycles. The number of rotatable bonds is 6. The number of carbonyl (C=O) groups excluding carboxylic acids is 2. The number of nitrogens with one attached hydrogen (secondary N) is 2. The minimum Gasteiger partial charge on any atom is -0.346 e. The fourth-order valence-corrected chi connectivity index (χ4v) is 2.94. The second-order valence-corrected chi connectivity index (χ2v) is 7.10. The van der Waals surface area contributed by atoms with Crippen LogP contribution in [0.2, 0.25) is 0 Å². The van der Waals surface area contributed by atoms with Crippen LogP contribution in [0.3, 0.4) is 0 Å². The van der Waals surface area contributed by atoms with Gasteiger partial charge >= 0.3 is 0 Å². The topological polar surface area (TPSA) is 71.1 Å². The van der Waals surface area contributed by atoms with Crippen LogP contribution in [-0.4, -0.2) is 16.8 Å². The molecule has 5 nitrogen and oxygen atoms in total. The molecule has 0 saturated carbocycles. The highest BCUT2D eigenvalue weighted by Crippen LogP contribution is 2.17. The van der Waals surface area contributed by atoms with Crippen LogP contribution in [0.4, 0.5) is 5.69 Å². The monoisotopic (exact) mass is 345 g/mol. The second-order valence-electron chi connectivity index (χ2n) is 5.81. The zero-order chi connectivity index (χ0) is 17.7. The third kappa shape index (κ3) is 4.64. The molecule has 2 N–H and O–H groups in total. The highest BCUT2D eigenvalue weighted by molar-refractivity contribution is 7.11. The van der Waals surface area contributed by atoms with Crippen LogP contribution in [0.5, 0.6) is 0 Å². The second kappa shape index (κ2) is 8.06. The van der Waals surface area contributed by atoms with Crippen molar-refractivity contribution in [1.29, 1.82) is 0 Å². The lowest BCUT2D eigenvalue weighted by Crippen LogP contribution is -2.23. The zero-order valence-corrected chi connectivity index (χ0v) is 15.3. The number of thiazole rings is 1. The van der Waals surface area contributed by atoms with Crippen LogP contribution < -0.4 is 10.6 Å². The Hall–Kier alpha value is -2.21. The van der Waals surface area contributed by atoms with Crippen LogP contribution in [0.25, 0.3) is 0 Å². The molecule has 128 valence electrons. The molecular weight excluding hydrogens is 322 g/mol. The van der Waals surface area contributed by atoms with Crippen molar-refractivity contribution in [2.45, 2.75) is 40.7 Å². The van der Waals surface area contributed by atoms with Gasteiger partial charge in [-0.2, -0.15) is 0 Å². The third-order valence-corrected chi connectivity index (χ3v) is 5.00. The van der Waals surface area contributed by atoms with Crippen molar-refractivity contribution in [3.05, 3.63) is 45.4 Å². The zero-order valence-electron chi connectivity index (χ0n) is 14.5. The van der Waals surface area contributed by atoms with Crippen molar-refractivity contribution in [2.24, 2.45) is 5.92 Å². The molecule has 1 unspecified atom stereocenters. The molecule has 2 rings (SSSR count). The van der Waals surface area contributed by atoms with E-state index in [1.165, 1.54) is 0 Å². The van der Waals surface area contributed by atoms with E-state index in [1.807, 2.05) is 27.7 Å². The standard InChI is InChI=1S/C18H23N3O2S/c1-5-11(2)17(22)21-15-8-6-7-14(9-15)18(23)19-10-16-20-12(3)13(4)24-16/h6-9,11H,5,10H2,1-4H3,(H,19,23)(H,21,22). The number of amides is 2. The maximum absolute atomic E-state index is 12.3. The Morgan fingerprint density at radius 2 is 2.04 bits per heavy atom. The summed E-state index contributed by atoms with van der Waals surface area (Å²) >= 11 is 1.59. The average molecular weight is 345 g/mol. The summed E-state index contributed by atoms with van der Waals surface area (Å²) in [6, 6.07) is 6.96. The van der Waals surface area contributed by atoms with E-state index in [4.69, 9.17) is 0 Å². The number of nitrogens with zero attached hydrogens (tertiary/aromatic N) is 1. The Kier molecular flexibility index (Phi) is 6.09. The first-order valence-electron chi connectivity index (χ1n) is 8.02. The summed E-state index contributed by atoms with van der Waals surface area (Å²) in [6.07, 6.45) is 0.776. The minimum atomic E-state index is -0.180. The highest BCUT2D eigenvalue weighted by Gasteiger charge is 2.12. The first-order valence-corrected chi connectivity index (χ1v) is 8.84. The van der Waals surface area contributed by atoms with Gasteiger partial charge in [0.1, 0.15) is 5.01 Å². The van der Waals surface area contributed by atoms with Gasteiger partial charge in [0.25, 0.3) is 5.91 Å². The van der Waals surface area contributed by atoms with E-state index < -0.39 is 0 Å². The lowest BCUT2D eigenvalue weighted by Gasteiger charge is -2.11. The van der Waals surface area contributed by atoms with Crippen molar-refractivity contribution in [2.75, 3.05) is 5.32 Å². The number of carbonyl (C=O) groups is 2. The van der Waals surface area contributed by atoms with Crippen molar-refractivity contribution in [3.63, 3.8) is 0 Å². The molecule has 0 saturated heterocycles. The predicted molar refractivity (Wildman–Crippen MR) is 97.3 cm³/mol. The van der Waals surface area contributed by atoms with Gasteiger partial charge in [-0.1, -0.05) is 19.9 Å². The number of aromatic nitrogens is 1. The van der Waals surface area contributed by atoms with Crippen LogP contribution in [0, 0.1) is 19.8 Å². The average Bonchev–Trinajstić information content (AvgIpc) is 2.90. The number of hydrogen-bond donors (Lipinski definition) is 2. The van der Waals surface area contributed by atoms with Crippen LogP contribution in [0.1, 0.15) is 46.2 Å². The molecule has 2 amide bonds. The van der Waals surface area contributed by atoms with E-state index in [0.29, 0.717) is 17.8 Å². The first kappa shape index (κ1) is 18.1. The number of benzene rings is 1. The van der Waals surface area contributed by atoms with Crippen molar-refractivity contribution in [1.82, 2.24) is 10.3 Å². The van der Waals surface area contributed by atoms with Gasteiger partial charge in [0.2, 0.25) is 5.91 Å². The summed E-state index contributed by atoms with van der Waals surface area (Å²) in [4.78, 5) is 29.8. The van der Waals surface area contributed by atoms with E-state index in [0.717, 1.165) is 22.0 Å². The summed E-state index contributed by atoms with van der Waals surface area (Å²) in [5.41, 5.74) is 2.15. The molecule has 0 radical (unpaired) electrons. The Labute approximate surface area is 146 Å². The van der Waals surface area contributed by atoms with E-state index >= 15 is 0 Å². The van der Waals surface area contributed by atoms with Gasteiger partial charge in [0, 0.05) is 22.0 Å². The van der Waals surface area contributed by atoms with Crippen LogP contribution >= 0.6 is 11.3 Å². The van der Waals surface area contributed by atoms with Gasteiger partial charge in [-0.05, 0) is 38.5 Å². The van der Waals surface area contributed by atoms with Crippen molar-refractivity contribution in [3.8, 4) is 0 Å². The molecule has 0 spiro atoms. The van der Waals surface area contributed by atoms with Crippen LogP contribution in [-0.2, 0) is 11.3 Å². The van der Waals surface area contributed by atoms with E-state index in [9.17, 15) is 9.59 Å². The molecule has 0 aliphatic rings. The lowest BCUT2D eigenvalue weighted by atomic mass is 10.1. The highest BCUT2D eigenvalue weighted by atomic mass is 32.1. The number of hydrogen-bond acceptors (Lipinski definition) is 4. The molecule has 0 fully saturated rings. The summed E-state index contributed by atoms with van der Waals surface area (Å²) in [5, 5.41) is 6.60. The van der Waals surface area contributed by atoms with Gasteiger partial charge in [0.15, 0.2) is 0 Å². The predicted octanol–water partition coefficient (Wildman–Crippen LogP) is 3.67. The van der Waals surface area contributed by atoms with Gasteiger partial charge in [-0.15, -0.1) is 11.3 Å². The molecule has 6 heteroatoms. The normalized spacial score (nSPS) is 11.8. The summed E-state index contributed by atoms with van der Waals surface area (Å²) in [5.74, 6) is -0.275. The molecular formula is C18H23N3O2S. The Morgan fingerprint density at radius 3 is 2.67 bits per heavy atom. The van der Waals surface area contributed by atoms with E-state index in [-0.39, 0.29) is 17.7 Å². The van der Waals surface area contributed by atoms with Crippen molar-refractivity contribution >= 4 is 28.8 Å². The molecule has 0 bridgehead atoms. The summed E-state index contributed by atoms with van der Waals surface area (Å²) in [6.45, 7) is 8.23. The minimum absolute atomic E-state index is 0.0382. The molecule has 0 aliphatic heterocycles. The summed E-state index contributed by atoms with van der Waals surface area (Å²) < 4.78 is 0. The maximum Gasteiger partial charge on any atom is 0.251 e. The third-order valence-electron chi connectivity index (χ3n) is 3.93. The fourth-order valence-electron chi connectivity index (χ4n) is 2.06. The Balaban J connectivity index is 1.99. The lowest BCUT2D eigenvalue weighted by molar-refractivity contribution is -0.119. The van der Waals surface area contributed by atoms with Crippen LogP contribution in [0.15, 0.2) is 24.3 Å². The summed E-state index contributed by atoms with van der Waals surface area (Å²) in [7, 11) is 0. The molecule has 1 aromatic heterocycles. The molecule has 0 aliphatic carbocycles. The van der Waals surface area contributed by atoms with Gasteiger partial charge in [-0.3, -0.25) is 9.59 Å². The van der Waals surface area contributed by atoms with Gasteiger partial charge < -0.3 is 10.6 Å². The number of aryl methyl sites for hydroxylation is 2. The largest absolute Gasteiger partial charge is 0.346 e. The quantitative estimate of drug-likeness (QED) is 0.839. The number of anilines is 1. The maximum atomic E-state index is 12.3. The van der Waals surface area contributed by atoms with Gasteiger partial charge in [0.05, 0.1) is 12.2 Å². The Bertz CT molecular complexity index is 720. The molecule has 1 atom stereocenters. The van der Waals surface area contributed by atoms with Crippen molar-refractivity contribution < 1.29 is 9.59 Å². The van der Waals surface area contributed by atoms with E-state index in [2.05, 4.69) is 15.6 Å². The first-order chi connectivity index (χ1) is 11.4. The van der Waals surface area contributed by atoms with Gasteiger partial charge in [-0.25, -0.2) is 4.98 Å². The molecule has 1 aromatic carbocycles. The SMILES string of the molecule is CCC(C)C(=O)Nc1cccc(C(=O)NCc2nc(C)c(C)s2)c1. The fraction of sp³-hybridized carbons (Fsp3) is 0.389.